The number of rotatable bonds is 15. The maximum atomic E-state index is 12.8. The van der Waals surface area contributed by atoms with Crippen LogP contribution in [0.2, 0.25) is 25.7 Å². The van der Waals surface area contributed by atoms with Crippen LogP contribution in [-0.2, 0) is 25.7 Å². The number of hydrogen-bond donors (Lipinski definition) is 0. The largest absolute Gasteiger partial charge is 0.461 e. The number of methoxy groups -OCH3 is 2. The van der Waals surface area contributed by atoms with E-state index in [0.717, 1.165) is 26.6 Å². The van der Waals surface area contributed by atoms with Crippen LogP contribution in [0.25, 0.3) is 10.2 Å². The van der Waals surface area contributed by atoms with Crippen molar-refractivity contribution in [2.24, 2.45) is 4.99 Å². The van der Waals surface area contributed by atoms with Crippen LogP contribution in [0.5, 0.6) is 0 Å². The zero-order valence-corrected chi connectivity index (χ0v) is 30.2. The Bertz CT molecular complexity index is 1750. The highest BCUT2D eigenvalue weighted by molar-refractivity contribution is 7.16. The predicted molar refractivity (Wildman–Crippen MR) is 186 cm³/mol. The zero-order chi connectivity index (χ0) is 33.1. The maximum Gasteiger partial charge on any atom is 0.359 e. The van der Waals surface area contributed by atoms with Crippen LogP contribution in [0.15, 0.2) is 35.3 Å². The number of aryl methyl sites for hydroxylation is 1. The molecule has 0 N–H and O–H groups in total. The smallest absolute Gasteiger partial charge is 0.359 e. The van der Waals surface area contributed by atoms with E-state index in [1.165, 1.54) is 11.3 Å². The lowest BCUT2D eigenvalue weighted by Gasteiger charge is -2.20. The topological polar surface area (TPSA) is 113 Å². The van der Waals surface area contributed by atoms with Gasteiger partial charge in [-0.05, 0) is 50.1 Å². The van der Waals surface area contributed by atoms with Crippen LogP contribution < -0.4 is 9.70 Å². The van der Waals surface area contributed by atoms with E-state index < -0.39 is 14.0 Å². The molecule has 46 heavy (non-hydrogen) atoms. The summed E-state index contributed by atoms with van der Waals surface area (Å²) in [4.78, 5) is 25.6. The molecule has 246 valence electrons. The SMILES string of the molecule is CCOC(=O)c1nc(N(CCCOC)c2cc(C)c(N=c3sc4ccccc4n3COCC[Si](C)(C)C)nn2)sc1C#CCOC. The summed E-state index contributed by atoms with van der Waals surface area (Å²) in [6, 6.07) is 11.2. The first-order valence-electron chi connectivity index (χ1n) is 15.1. The van der Waals surface area contributed by atoms with Gasteiger partial charge in [0.1, 0.15) is 18.2 Å². The highest BCUT2D eigenvalue weighted by Crippen LogP contribution is 2.32. The highest BCUT2D eigenvalue weighted by atomic mass is 32.1. The summed E-state index contributed by atoms with van der Waals surface area (Å²) in [5, 5.41) is 9.68. The molecule has 14 heteroatoms. The van der Waals surface area contributed by atoms with E-state index in [4.69, 9.17) is 23.9 Å². The number of thiazole rings is 2. The molecule has 0 aliphatic carbocycles. The summed E-state index contributed by atoms with van der Waals surface area (Å²) in [5.41, 5.74) is 2.07. The minimum absolute atomic E-state index is 0.167. The van der Waals surface area contributed by atoms with Gasteiger partial charge in [0.25, 0.3) is 0 Å². The molecule has 0 saturated carbocycles. The number of aromatic nitrogens is 4. The standard InChI is InChI=1S/C32H42N6O5S2Si/c1-8-43-30(39)28-26(15-11-17-40-3)45-31(33-28)37(16-12-18-41-4)27-21-23(2)29(36-35-27)34-32-38(22-42-19-20-46(5,6)7)24-13-9-10-14-25(24)44-32/h9-10,13-14,21H,8,12,16-20,22H2,1-7H3. The summed E-state index contributed by atoms with van der Waals surface area (Å²) in [5.74, 6) is 6.48. The van der Waals surface area contributed by atoms with Gasteiger partial charge in [0.2, 0.25) is 0 Å². The summed E-state index contributed by atoms with van der Waals surface area (Å²) >= 11 is 2.88. The Balaban J connectivity index is 1.70. The zero-order valence-electron chi connectivity index (χ0n) is 27.6. The number of carbonyl (C=O) groups is 1. The van der Waals surface area contributed by atoms with Crippen molar-refractivity contribution in [1.82, 2.24) is 19.7 Å². The van der Waals surface area contributed by atoms with Crippen molar-refractivity contribution >= 4 is 63.7 Å². The quantitative estimate of drug-likeness (QED) is 0.0631. The number of ether oxygens (including phenoxy) is 4. The van der Waals surface area contributed by atoms with Crippen molar-refractivity contribution in [3.63, 3.8) is 0 Å². The Morgan fingerprint density at radius 3 is 2.63 bits per heavy atom. The number of esters is 1. The molecule has 0 fully saturated rings. The van der Waals surface area contributed by atoms with Crippen LogP contribution >= 0.6 is 22.7 Å². The maximum absolute atomic E-state index is 12.8. The second-order valence-corrected chi connectivity index (χ2v) is 19.2. The average Bonchev–Trinajstić information content (AvgIpc) is 3.59. The molecular weight excluding hydrogens is 641 g/mol. The predicted octanol–water partition coefficient (Wildman–Crippen LogP) is 6.15. The Kier molecular flexibility index (Phi) is 13.0. The van der Waals surface area contributed by atoms with Crippen LogP contribution in [-0.4, -0.2) is 81.0 Å². The van der Waals surface area contributed by atoms with E-state index in [9.17, 15) is 4.79 Å². The molecule has 0 bridgehead atoms. The Hall–Kier alpha value is -3.45. The molecule has 1 aromatic carbocycles. The van der Waals surface area contributed by atoms with E-state index in [1.807, 2.05) is 30.0 Å². The number of fused-ring (bicyclic) bond motifs is 1. The molecule has 4 aromatic rings. The van der Waals surface area contributed by atoms with Crippen LogP contribution in [0.1, 0.15) is 34.3 Å². The fourth-order valence-electron chi connectivity index (χ4n) is 4.27. The van der Waals surface area contributed by atoms with Crippen LogP contribution in [0.4, 0.5) is 16.8 Å². The first-order chi connectivity index (χ1) is 22.1. The first-order valence-corrected chi connectivity index (χ1v) is 20.5. The van der Waals surface area contributed by atoms with Crippen molar-refractivity contribution in [2.45, 2.75) is 52.7 Å². The van der Waals surface area contributed by atoms with E-state index >= 15 is 0 Å². The van der Waals surface area contributed by atoms with E-state index in [2.05, 4.69) is 63.4 Å². The van der Waals surface area contributed by atoms with Crippen molar-refractivity contribution in [2.75, 3.05) is 52.1 Å². The number of para-hydroxylation sites is 1. The van der Waals surface area contributed by atoms with Gasteiger partial charge in [-0.1, -0.05) is 66.3 Å². The van der Waals surface area contributed by atoms with Crippen molar-refractivity contribution in [3.05, 3.63) is 51.3 Å². The van der Waals surface area contributed by atoms with Gasteiger partial charge in [-0.3, -0.25) is 4.57 Å². The fraction of sp³-hybridized carbons (Fsp3) is 0.469. The molecule has 0 saturated heterocycles. The second kappa shape index (κ2) is 16.9. The molecule has 0 amide bonds. The Labute approximate surface area is 279 Å². The second-order valence-electron chi connectivity index (χ2n) is 11.6. The van der Waals surface area contributed by atoms with Gasteiger partial charge >= 0.3 is 5.97 Å². The van der Waals surface area contributed by atoms with Gasteiger partial charge in [0.05, 0.1) is 16.8 Å². The fourth-order valence-corrected chi connectivity index (χ4v) is 7.01. The van der Waals surface area contributed by atoms with Crippen LogP contribution in [0, 0.1) is 18.8 Å². The van der Waals surface area contributed by atoms with Gasteiger partial charge in [-0.2, -0.15) is 4.99 Å². The number of nitrogens with zero attached hydrogens (tertiary/aromatic N) is 6. The number of benzene rings is 1. The molecular formula is C32H42N6O5S2Si. The molecule has 0 radical (unpaired) electrons. The molecule has 0 unspecified atom stereocenters. The molecule has 0 aliphatic heterocycles. The summed E-state index contributed by atoms with van der Waals surface area (Å²) in [6.45, 7) is 13.4. The highest BCUT2D eigenvalue weighted by Gasteiger charge is 2.24. The Morgan fingerprint density at radius 1 is 1.11 bits per heavy atom. The monoisotopic (exact) mass is 682 g/mol. The molecule has 4 rings (SSSR count). The molecule has 3 heterocycles. The van der Waals surface area contributed by atoms with E-state index in [0.29, 0.717) is 54.6 Å². The number of anilines is 2. The third-order valence-corrected chi connectivity index (χ3v) is 10.5. The van der Waals surface area contributed by atoms with Gasteiger partial charge in [0, 0.05) is 42.1 Å². The minimum Gasteiger partial charge on any atom is -0.461 e. The molecule has 0 spiro atoms. The van der Waals surface area contributed by atoms with Gasteiger partial charge < -0.3 is 23.8 Å². The molecule has 0 atom stereocenters. The lowest BCUT2D eigenvalue weighted by atomic mass is 10.3. The average molecular weight is 683 g/mol. The summed E-state index contributed by atoms with van der Waals surface area (Å²) in [7, 11) is 2.02. The lowest BCUT2D eigenvalue weighted by Crippen LogP contribution is -2.23. The van der Waals surface area contributed by atoms with Crippen molar-refractivity contribution < 1.29 is 23.7 Å². The first kappa shape index (κ1) is 35.4. The lowest BCUT2D eigenvalue weighted by molar-refractivity contribution is 0.0520. The van der Waals surface area contributed by atoms with E-state index in [1.54, 1.807) is 32.5 Å². The van der Waals surface area contributed by atoms with Gasteiger partial charge in [0.15, 0.2) is 27.3 Å². The molecule has 11 nitrogen and oxygen atoms in total. The minimum atomic E-state index is -1.21. The van der Waals surface area contributed by atoms with Gasteiger partial charge in [-0.25, -0.2) is 9.78 Å². The van der Waals surface area contributed by atoms with Crippen LogP contribution in [0.3, 0.4) is 0 Å². The molecule has 0 aliphatic rings. The van der Waals surface area contributed by atoms with E-state index in [-0.39, 0.29) is 18.9 Å². The number of carbonyl (C=O) groups excluding carboxylic acids is 1. The normalized spacial score (nSPS) is 11.9. The van der Waals surface area contributed by atoms with Crippen molar-refractivity contribution in [3.8, 4) is 11.8 Å². The molecule has 3 aromatic heterocycles. The van der Waals surface area contributed by atoms with Gasteiger partial charge in [-0.15, -0.1) is 10.2 Å². The number of hydrogen-bond acceptors (Lipinski definition) is 12. The summed E-state index contributed by atoms with van der Waals surface area (Å²) in [6.07, 6.45) is 0.696. The third-order valence-electron chi connectivity index (χ3n) is 6.69. The third kappa shape index (κ3) is 9.54. The Morgan fingerprint density at radius 2 is 1.91 bits per heavy atom. The summed E-state index contributed by atoms with van der Waals surface area (Å²) < 4.78 is 25.0. The van der Waals surface area contributed by atoms with Crippen molar-refractivity contribution in [1.29, 1.82) is 0 Å².